The molecule has 25 heavy (non-hydrogen) atoms. The molecule has 0 aliphatic heterocycles. The van der Waals surface area contributed by atoms with Crippen LogP contribution < -0.4 is 11.1 Å². The number of hydrogen-bond donors (Lipinski definition) is 2. The second kappa shape index (κ2) is 7.29. The summed E-state index contributed by atoms with van der Waals surface area (Å²) in [6, 6.07) is 8.87. The number of carbonyl (C=O) groups excluding carboxylic acids is 2. The Labute approximate surface area is 145 Å². The average molecular weight is 345 g/mol. The number of amides is 1. The van der Waals surface area contributed by atoms with Crippen molar-refractivity contribution in [2.45, 2.75) is 26.4 Å². The number of halogens is 1. The van der Waals surface area contributed by atoms with Gasteiger partial charge in [0.25, 0.3) is 5.91 Å². The summed E-state index contributed by atoms with van der Waals surface area (Å²) in [6.45, 7) is 4.91. The van der Waals surface area contributed by atoms with Gasteiger partial charge in [-0.3, -0.25) is 9.59 Å². The first-order valence-corrected chi connectivity index (χ1v) is 7.68. The van der Waals surface area contributed by atoms with E-state index in [0.717, 1.165) is 0 Å². The maximum atomic E-state index is 13.0. The van der Waals surface area contributed by atoms with Crippen molar-refractivity contribution in [2.75, 3.05) is 12.3 Å². The molecule has 0 unspecified atom stereocenters. The number of anilines is 1. The molecule has 2 aromatic rings. The monoisotopic (exact) mass is 345 g/mol. The summed E-state index contributed by atoms with van der Waals surface area (Å²) in [5, 5.41) is 2.43. The molecule has 0 fully saturated rings. The molecule has 0 atom stereocenters. The van der Waals surface area contributed by atoms with E-state index >= 15 is 0 Å². The van der Waals surface area contributed by atoms with Crippen molar-refractivity contribution in [3.8, 4) is 11.3 Å². The van der Waals surface area contributed by atoms with Crippen LogP contribution in [-0.4, -0.2) is 29.0 Å². The van der Waals surface area contributed by atoms with Crippen molar-refractivity contribution >= 4 is 17.6 Å². The van der Waals surface area contributed by atoms with Gasteiger partial charge in [-0.2, -0.15) is 0 Å². The van der Waals surface area contributed by atoms with E-state index in [4.69, 9.17) is 10.5 Å². The normalized spacial score (nSPS) is 11.0. The van der Waals surface area contributed by atoms with E-state index in [0.29, 0.717) is 11.3 Å². The van der Waals surface area contributed by atoms with Gasteiger partial charge in [-0.1, -0.05) is 0 Å². The van der Waals surface area contributed by atoms with Gasteiger partial charge in [0, 0.05) is 5.56 Å². The second-order valence-electron chi connectivity index (χ2n) is 6.41. The quantitative estimate of drug-likeness (QED) is 0.831. The lowest BCUT2D eigenvalue weighted by Crippen LogP contribution is -2.35. The summed E-state index contributed by atoms with van der Waals surface area (Å²) >= 11 is 0. The number of aromatic nitrogens is 1. The number of carbonyl (C=O) groups is 2. The van der Waals surface area contributed by atoms with Crippen molar-refractivity contribution in [3.05, 3.63) is 47.9 Å². The number of hydrogen-bond acceptors (Lipinski definition) is 5. The first-order valence-electron chi connectivity index (χ1n) is 7.68. The predicted molar refractivity (Wildman–Crippen MR) is 92.2 cm³/mol. The van der Waals surface area contributed by atoms with Crippen molar-refractivity contribution < 1.29 is 18.7 Å². The molecule has 0 saturated carbocycles. The smallest absolute Gasteiger partial charge is 0.325 e. The van der Waals surface area contributed by atoms with Gasteiger partial charge < -0.3 is 15.8 Å². The molecule has 0 saturated heterocycles. The third-order valence-corrected chi connectivity index (χ3v) is 3.09. The molecule has 6 nitrogen and oxygen atoms in total. The molecule has 0 radical (unpaired) electrons. The molecule has 0 aliphatic carbocycles. The summed E-state index contributed by atoms with van der Waals surface area (Å²) in [6.07, 6.45) is 0. The first-order chi connectivity index (χ1) is 11.7. The van der Waals surface area contributed by atoms with Crippen molar-refractivity contribution in [3.63, 3.8) is 0 Å². The Morgan fingerprint density at radius 2 is 1.80 bits per heavy atom. The van der Waals surface area contributed by atoms with Crippen LogP contribution in [0.1, 0.15) is 31.3 Å². The predicted octanol–water partition coefficient (Wildman–Crippen LogP) is 2.54. The second-order valence-corrected chi connectivity index (χ2v) is 6.41. The van der Waals surface area contributed by atoms with Crippen molar-refractivity contribution in [1.82, 2.24) is 10.3 Å². The Balaban J connectivity index is 2.13. The molecule has 2 rings (SSSR count). The standard InChI is InChI=1S/C18H20FN3O3/c1-18(2,3)25-15(23)10-21-17(24)16-13(20)8-9-14(22-16)11-4-6-12(19)7-5-11/h4-9H,10,20H2,1-3H3,(H,21,24). The number of rotatable bonds is 4. The summed E-state index contributed by atoms with van der Waals surface area (Å²) < 4.78 is 18.1. The molecule has 1 aromatic carbocycles. The number of nitrogens with two attached hydrogens (primary N) is 1. The maximum absolute atomic E-state index is 13.0. The van der Waals surface area contributed by atoms with E-state index in [1.165, 1.54) is 18.2 Å². The molecule has 3 N–H and O–H groups in total. The Bertz CT molecular complexity index is 783. The fourth-order valence-corrected chi connectivity index (χ4v) is 2.05. The highest BCUT2D eigenvalue weighted by molar-refractivity contribution is 5.99. The number of ether oxygens (including phenoxy) is 1. The maximum Gasteiger partial charge on any atom is 0.325 e. The fraction of sp³-hybridized carbons (Fsp3) is 0.278. The number of nitrogens with one attached hydrogen (secondary N) is 1. The molecule has 1 aromatic heterocycles. The van der Waals surface area contributed by atoms with Crippen LogP contribution in [0.4, 0.5) is 10.1 Å². The van der Waals surface area contributed by atoms with Gasteiger partial charge in [0.2, 0.25) is 0 Å². The van der Waals surface area contributed by atoms with E-state index in [9.17, 15) is 14.0 Å². The van der Waals surface area contributed by atoms with Gasteiger partial charge in [-0.15, -0.1) is 0 Å². The lowest BCUT2D eigenvalue weighted by atomic mass is 10.1. The lowest BCUT2D eigenvalue weighted by Gasteiger charge is -2.19. The topological polar surface area (TPSA) is 94.3 Å². The highest BCUT2D eigenvalue weighted by atomic mass is 19.1. The molecule has 132 valence electrons. The Morgan fingerprint density at radius 1 is 1.16 bits per heavy atom. The first kappa shape index (κ1) is 18.4. The number of nitrogen functional groups attached to an aromatic ring is 1. The van der Waals surface area contributed by atoms with E-state index in [1.807, 2.05) is 0 Å². The fourth-order valence-electron chi connectivity index (χ4n) is 2.05. The van der Waals surface area contributed by atoms with Gasteiger partial charge in [0.05, 0.1) is 11.4 Å². The van der Waals surface area contributed by atoms with E-state index in [1.54, 1.807) is 39.0 Å². The highest BCUT2D eigenvalue weighted by Crippen LogP contribution is 2.20. The van der Waals surface area contributed by atoms with E-state index in [-0.39, 0.29) is 23.7 Å². The summed E-state index contributed by atoms with van der Waals surface area (Å²) in [5.74, 6) is -1.52. The minimum absolute atomic E-state index is 0.00890. The SMILES string of the molecule is CC(C)(C)OC(=O)CNC(=O)c1nc(-c2ccc(F)cc2)ccc1N. The van der Waals surface area contributed by atoms with Gasteiger partial charge in [0.1, 0.15) is 18.0 Å². The summed E-state index contributed by atoms with van der Waals surface area (Å²) in [4.78, 5) is 28.1. The zero-order chi connectivity index (χ0) is 18.6. The Hall–Kier alpha value is -2.96. The number of benzene rings is 1. The molecule has 0 bridgehead atoms. The molecule has 1 amide bonds. The third kappa shape index (κ3) is 5.27. The van der Waals surface area contributed by atoms with Crippen LogP contribution in [0.2, 0.25) is 0 Å². The van der Waals surface area contributed by atoms with E-state index in [2.05, 4.69) is 10.3 Å². The minimum Gasteiger partial charge on any atom is -0.459 e. The van der Waals surface area contributed by atoms with Crippen LogP contribution >= 0.6 is 0 Å². The number of nitrogens with zero attached hydrogens (tertiary/aromatic N) is 1. The minimum atomic E-state index is -0.637. The van der Waals surface area contributed by atoms with Gasteiger partial charge >= 0.3 is 5.97 Å². The Kier molecular flexibility index (Phi) is 5.36. The van der Waals surface area contributed by atoms with Gasteiger partial charge in [0.15, 0.2) is 5.69 Å². The molecular formula is C18H20FN3O3. The third-order valence-electron chi connectivity index (χ3n) is 3.09. The summed E-state index contributed by atoms with van der Waals surface area (Å²) in [5.41, 5.74) is 6.44. The molecule has 1 heterocycles. The number of pyridine rings is 1. The van der Waals surface area contributed by atoms with E-state index < -0.39 is 17.5 Å². The van der Waals surface area contributed by atoms with Crippen LogP contribution in [0.3, 0.4) is 0 Å². The number of esters is 1. The van der Waals surface area contributed by atoms with Crippen LogP contribution in [0, 0.1) is 5.82 Å². The zero-order valence-corrected chi connectivity index (χ0v) is 14.3. The van der Waals surface area contributed by atoms with Gasteiger partial charge in [-0.05, 0) is 57.2 Å². The van der Waals surface area contributed by atoms with Crippen LogP contribution in [0.5, 0.6) is 0 Å². The van der Waals surface area contributed by atoms with Crippen LogP contribution in [-0.2, 0) is 9.53 Å². The van der Waals surface area contributed by atoms with Gasteiger partial charge in [-0.25, -0.2) is 9.37 Å². The van der Waals surface area contributed by atoms with Crippen LogP contribution in [0.15, 0.2) is 36.4 Å². The summed E-state index contributed by atoms with van der Waals surface area (Å²) in [7, 11) is 0. The Morgan fingerprint density at radius 3 is 2.40 bits per heavy atom. The zero-order valence-electron chi connectivity index (χ0n) is 14.3. The molecule has 0 spiro atoms. The lowest BCUT2D eigenvalue weighted by molar-refractivity contribution is -0.153. The average Bonchev–Trinajstić information content (AvgIpc) is 2.52. The molecule has 0 aliphatic rings. The largest absolute Gasteiger partial charge is 0.459 e. The molecular weight excluding hydrogens is 325 g/mol. The highest BCUT2D eigenvalue weighted by Gasteiger charge is 2.18. The van der Waals surface area contributed by atoms with Crippen molar-refractivity contribution in [1.29, 1.82) is 0 Å². The van der Waals surface area contributed by atoms with Crippen molar-refractivity contribution in [2.24, 2.45) is 0 Å². The van der Waals surface area contributed by atoms with Crippen LogP contribution in [0.25, 0.3) is 11.3 Å². The molecule has 7 heteroatoms.